The molecule has 0 aliphatic heterocycles. The quantitative estimate of drug-likeness (QED) is 0.794. The second-order valence-corrected chi connectivity index (χ2v) is 4.86. The first-order valence-corrected chi connectivity index (χ1v) is 6.26. The maximum Gasteiger partial charge on any atom is 0.0390 e. The van der Waals surface area contributed by atoms with Gasteiger partial charge < -0.3 is 11.1 Å². The zero-order valence-electron chi connectivity index (χ0n) is 9.36. The van der Waals surface area contributed by atoms with Crippen LogP contribution in [-0.2, 0) is 6.42 Å². The number of thiophene rings is 1. The van der Waals surface area contributed by atoms with Gasteiger partial charge in [0.1, 0.15) is 0 Å². The molecule has 16 heavy (non-hydrogen) atoms. The van der Waals surface area contributed by atoms with Crippen molar-refractivity contribution in [2.24, 2.45) is 0 Å². The second kappa shape index (κ2) is 5.03. The van der Waals surface area contributed by atoms with E-state index in [4.69, 9.17) is 5.73 Å². The molecule has 2 nitrogen and oxygen atoms in total. The standard InChI is InChI=1S/C13H16N2S/c1-10-4-5-11(14)9-13(10)15-7-6-12-3-2-8-16-12/h2-5,8-9,15H,6-7,14H2,1H3. The fourth-order valence-corrected chi connectivity index (χ4v) is 2.31. The van der Waals surface area contributed by atoms with Crippen LogP contribution in [0.15, 0.2) is 35.7 Å². The molecule has 0 aliphatic rings. The van der Waals surface area contributed by atoms with Crippen molar-refractivity contribution in [1.82, 2.24) is 0 Å². The number of aryl methyl sites for hydroxylation is 1. The van der Waals surface area contributed by atoms with E-state index in [0.717, 1.165) is 24.3 Å². The highest BCUT2D eigenvalue weighted by molar-refractivity contribution is 7.09. The minimum absolute atomic E-state index is 0.809. The number of anilines is 2. The van der Waals surface area contributed by atoms with Crippen molar-refractivity contribution >= 4 is 22.7 Å². The molecule has 0 radical (unpaired) electrons. The van der Waals surface area contributed by atoms with E-state index in [1.54, 1.807) is 11.3 Å². The molecule has 1 aromatic heterocycles. The minimum Gasteiger partial charge on any atom is -0.399 e. The number of rotatable bonds is 4. The highest BCUT2D eigenvalue weighted by Gasteiger charge is 1.98. The molecule has 0 unspecified atom stereocenters. The number of hydrogen-bond donors (Lipinski definition) is 2. The van der Waals surface area contributed by atoms with E-state index < -0.39 is 0 Å². The first kappa shape index (κ1) is 11.0. The molecule has 84 valence electrons. The SMILES string of the molecule is Cc1ccc(N)cc1NCCc1cccs1. The summed E-state index contributed by atoms with van der Waals surface area (Å²) in [4.78, 5) is 1.41. The van der Waals surface area contributed by atoms with Crippen molar-refractivity contribution in [3.8, 4) is 0 Å². The molecular formula is C13H16N2S. The number of nitrogens with one attached hydrogen (secondary N) is 1. The van der Waals surface area contributed by atoms with Crippen molar-refractivity contribution in [3.05, 3.63) is 46.2 Å². The summed E-state index contributed by atoms with van der Waals surface area (Å²) in [7, 11) is 0. The number of nitrogens with two attached hydrogens (primary N) is 1. The van der Waals surface area contributed by atoms with Gasteiger partial charge in [-0.3, -0.25) is 0 Å². The average Bonchev–Trinajstić information content (AvgIpc) is 2.76. The van der Waals surface area contributed by atoms with Crippen molar-refractivity contribution in [3.63, 3.8) is 0 Å². The van der Waals surface area contributed by atoms with Crippen LogP contribution in [0.5, 0.6) is 0 Å². The Morgan fingerprint density at radius 3 is 2.94 bits per heavy atom. The third kappa shape index (κ3) is 2.76. The van der Waals surface area contributed by atoms with E-state index in [2.05, 4.69) is 29.8 Å². The topological polar surface area (TPSA) is 38.0 Å². The molecule has 0 fully saturated rings. The van der Waals surface area contributed by atoms with Gasteiger partial charge >= 0.3 is 0 Å². The van der Waals surface area contributed by atoms with Crippen LogP contribution in [0.1, 0.15) is 10.4 Å². The Morgan fingerprint density at radius 1 is 1.31 bits per heavy atom. The van der Waals surface area contributed by atoms with Crippen molar-refractivity contribution in [1.29, 1.82) is 0 Å². The smallest absolute Gasteiger partial charge is 0.0390 e. The largest absolute Gasteiger partial charge is 0.399 e. The van der Waals surface area contributed by atoms with Crippen LogP contribution in [-0.4, -0.2) is 6.54 Å². The van der Waals surface area contributed by atoms with Gasteiger partial charge in [0.15, 0.2) is 0 Å². The van der Waals surface area contributed by atoms with Gasteiger partial charge in [0.05, 0.1) is 0 Å². The molecule has 3 heteroatoms. The van der Waals surface area contributed by atoms with Crippen LogP contribution < -0.4 is 11.1 Å². The fraction of sp³-hybridized carbons (Fsp3) is 0.231. The van der Waals surface area contributed by atoms with Crippen LogP contribution in [0.2, 0.25) is 0 Å². The van der Waals surface area contributed by atoms with Crippen LogP contribution in [0.25, 0.3) is 0 Å². The van der Waals surface area contributed by atoms with Gasteiger partial charge in [0.25, 0.3) is 0 Å². The van der Waals surface area contributed by atoms with Gasteiger partial charge in [0, 0.05) is 22.8 Å². The highest BCUT2D eigenvalue weighted by atomic mass is 32.1. The van der Waals surface area contributed by atoms with Crippen LogP contribution in [0.4, 0.5) is 11.4 Å². The molecule has 0 spiro atoms. The molecule has 0 saturated carbocycles. The number of hydrogen-bond acceptors (Lipinski definition) is 3. The molecule has 0 bridgehead atoms. The predicted octanol–water partition coefficient (Wildman–Crippen LogP) is 3.29. The molecule has 0 atom stereocenters. The molecule has 2 rings (SSSR count). The lowest BCUT2D eigenvalue weighted by atomic mass is 10.2. The van der Waals surface area contributed by atoms with E-state index >= 15 is 0 Å². The summed E-state index contributed by atoms with van der Waals surface area (Å²) >= 11 is 1.80. The van der Waals surface area contributed by atoms with Crippen molar-refractivity contribution in [2.75, 3.05) is 17.6 Å². The van der Waals surface area contributed by atoms with Gasteiger partial charge in [-0.1, -0.05) is 12.1 Å². The van der Waals surface area contributed by atoms with Crippen LogP contribution in [0.3, 0.4) is 0 Å². The van der Waals surface area contributed by atoms with Gasteiger partial charge in [-0.2, -0.15) is 0 Å². The van der Waals surface area contributed by atoms with Gasteiger partial charge in [-0.25, -0.2) is 0 Å². The Bertz CT molecular complexity index is 449. The van der Waals surface area contributed by atoms with E-state index in [1.165, 1.54) is 10.4 Å². The predicted molar refractivity (Wildman–Crippen MR) is 72.1 cm³/mol. The summed E-state index contributed by atoms with van der Waals surface area (Å²) in [5.74, 6) is 0. The summed E-state index contributed by atoms with van der Waals surface area (Å²) in [5, 5.41) is 5.53. The van der Waals surface area contributed by atoms with E-state index in [0.29, 0.717) is 0 Å². The Hall–Kier alpha value is -1.48. The normalized spacial score (nSPS) is 10.3. The summed E-state index contributed by atoms with van der Waals surface area (Å²) in [6.07, 6.45) is 1.06. The van der Waals surface area contributed by atoms with E-state index in [9.17, 15) is 0 Å². The van der Waals surface area contributed by atoms with Gasteiger partial charge in [-0.05, 0) is 42.5 Å². The third-order valence-electron chi connectivity index (χ3n) is 2.53. The average molecular weight is 232 g/mol. The van der Waals surface area contributed by atoms with Crippen LogP contribution >= 0.6 is 11.3 Å². The molecule has 1 aromatic carbocycles. The number of nitrogen functional groups attached to an aromatic ring is 1. The Morgan fingerprint density at radius 2 is 2.19 bits per heavy atom. The summed E-state index contributed by atoms with van der Waals surface area (Å²) in [6.45, 7) is 3.04. The fourth-order valence-electron chi connectivity index (χ4n) is 1.61. The lowest BCUT2D eigenvalue weighted by molar-refractivity contribution is 1.04. The Labute approximate surface area is 100 Å². The Kier molecular flexibility index (Phi) is 3.47. The maximum absolute atomic E-state index is 5.76. The van der Waals surface area contributed by atoms with Crippen LogP contribution in [0, 0.1) is 6.92 Å². The van der Waals surface area contributed by atoms with Crippen molar-refractivity contribution < 1.29 is 0 Å². The zero-order valence-corrected chi connectivity index (χ0v) is 10.2. The lowest BCUT2D eigenvalue weighted by Crippen LogP contribution is -2.05. The first-order chi connectivity index (χ1) is 7.75. The summed E-state index contributed by atoms with van der Waals surface area (Å²) in [6, 6.07) is 10.2. The Balaban J connectivity index is 1.92. The summed E-state index contributed by atoms with van der Waals surface area (Å²) in [5.41, 5.74) is 8.94. The number of benzene rings is 1. The molecule has 3 N–H and O–H groups in total. The molecule has 0 amide bonds. The molecule has 1 heterocycles. The molecular weight excluding hydrogens is 216 g/mol. The highest BCUT2D eigenvalue weighted by Crippen LogP contribution is 2.18. The monoisotopic (exact) mass is 232 g/mol. The second-order valence-electron chi connectivity index (χ2n) is 3.83. The first-order valence-electron chi connectivity index (χ1n) is 5.38. The maximum atomic E-state index is 5.76. The van der Waals surface area contributed by atoms with E-state index in [-0.39, 0.29) is 0 Å². The van der Waals surface area contributed by atoms with Crippen molar-refractivity contribution in [2.45, 2.75) is 13.3 Å². The zero-order chi connectivity index (χ0) is 11.4. The third-order valence-corrected chi connectivity index (χ3v) is 3.46. The van der Waals surface area contributed by atoms with E-state index in [1.807, 2.05) is 18.2 Å². The lowest BCUT2D eigenvalue weighted by Gasteiger charge is -2.09. The van der Waals surface area contributed by atoms with Gasteiger partial charge in [-0.15, -0.1) is 11.3 Å². The molecule has 2 aromatic rings. The summed E-state index contributed by atoms with van der Waals surface area (Å²) < 4.78 is 0. The molecule has 0 aliphatic carbocycles. The minimum atomic E-state index is 0.809. The van der Waals surface area contributed by atoms with Gasteiger partial charge in [0.2, 0.25) is 0 Å². The molecule has 0 saturated heterocycles.